The predicted octanol–water partition coefficient (Wildman–Crippen LogP) is 2.53. The molecule has 0 aliphatic carbocycles. The van der Waals surface area contributed by atoms with Crippen LogP contribution in [0.3, 0.4) is 0 Å². The van der Waals surface area contributed by atoms with E-state index in [1.54, 1.807) is 0 Å². The fraction of sp³-hybridized carbons (Fsp3) is 0.385. The Bertz CT molecular complexity index is 615. The summed E-state index contributed by atoms with van der Waals surface area (Å²) in [5.41, 5.74) is 0.956. The monoisotopic (exact) mass is 403 g/mol. The predicted molar refractivity (Wildman–Crippen MR) is 89.2 cm³/mol. The number of piperazine rings is 1. The van der Waals surface area contributed by atoms with Crippen LogP contribution in [0, 0.1) is 3.57 Å². The van der Waals surface area contributed by atoms with Gasteiger partial charge in [-0.3, -0.25) is 5.10 Å². The molecule has 1 fully saturated rings. The number of halogens is 2. The van der Waals surface area contributed by atoms with Crippen LogP contribution < -0.4 is 10.2 Å². The fourth-order valence-electron chi connectivity index (χ4n) is 2.28. The Kier molecular flexibility index (Phi) is 4.13. The van der Waals surface area contributed by atoms with Gasteiger partial charge in [-0.2, -0.15) is 4.98 Å². The van der Waals surface area contributed by atoms with Crippen molar-refractivity contribution in [1.82, 2.24) is 20.5 Å². The minimum Gasteiger partial charge on any atom is -0.337 e. The van der Waals surface area contributed by atoms with E-state index in [-0.39, 0.29) is 0 Å². The van der Waals surface area contributed by atoms with E-state index in [1.165, 1.54) is 0 Å². The molecule has 1 atom stereocenters. The summed E-state index contributed by atoms with van der Waals surface area (Å²) in [6.45, 7) is 4.97. The number of nitrogens with one attached hydrogen (secondary N) is 2. The average molecular weight is 404 g/mol. The highest BCUT2D eigenvalue weighted by Gasteiger charge is 2.19. The fourth-order valence-corrected chi connectivity index (χ4v) is 2.80. The van der Waals surface area contributed by atoms with E-state index in [2.05, 4.69) is 54.9 Å². The Morgan fingerprint density at radius 1 is 1.45 bits per heavy atom. The lowest BCUT2D eigenvalue weighted by atomic mass is 10.2. The van der Waals surface area contributed by atoms with E-state index in [0.717, 1.165) is 45.6 Å². The van der Waals surface area contributed by atoms with Gasteiger partial charge < -0.3 is 10.2 Å². The normalized spacial score (nSPS) is 19.4. The maximum atomic E-state index is 6.15. The second-order valence-corrected chi connectivity index (χ2v) is 6.48. The summed E-state index contributed by atoms with van der Waals surface area (Å²) in [6, 6.07) is 6.35. The molecule has 0 amide bonds. The van der Waals surface area contributed by atoms with Gasteiger partial charge in [-0.25, -0.2) is 0 Å². The van der Waals surface area contributed by atoms with E-state index >= 15 is 0 Å². The Morgan fingerprint density at radius 3 is 3.05 bits per heavy atom. The molecule has 20 heavy (non-hydrogen) atoms. The summed E-state index contributed by atoms with van der Waals surface area (Å²) in [6.07, 6.45) is 0. The molecule has 1 aliphatic heterocycles. The summed E-state index contributed by atoms with van der Waals surface area (Å²) in [7, 11) is 0. The van der Waals surface area contributed by atoms with Crippen LogP contribution in [-0.2, 0) is 0 Å². The molecule has 0 saturated carbocycles. The quantitative estimate of drug-likeness (QED) is 0.757. The molecular weight excluding hydrogens is 389 g/mol. The molecule has 1 aliphatic rings. The largest absolute Gasteiger partial charge is 0.337 e. The van der Waals surface area contributed by atoms with Crippen LogP contribution in [0.4, 0.5) is 5.95 Å². The molecule has 1 aromatic carbocycles. The molecular formula is C13H15ClIN5. The molecule has 3 rings (SSSR count). The Labute approximate surface area is 136 Å². The van der Waals surface area contributed by atoms with Crippen molar-refractivity contribution < 1.29 is 0 Å². The number of H-pyrrole nitrogens is 1. The summed E-state index contributed by atoms with van der Waals surface area (Å²) in [5.74, 6) is 1.51. The first-order chi connectivity index (χ1) is 9.63. The molecule has 0 spiro atoms. The Balaban J connectivity index is 1.84. The Hall–Kier alpha value is -0.860. The number of anilines is 1. The smallest absolute Gasteiger partial charge is 0.245 e. The van der Waals surface area contributed by atoms with Crippen molar-refractivity contribution in [3.63, 3.8) is 0 Å². The molecule has 1 aromatic heterocycles. The second kappa shape index (κ2) is 5.87. The first kappa shape index (κ1) is 14.1. The van der Waals surface area contributed by atoms with Crippen LogP contribution >= 0.6 is 34.2 Å². The number of rotatable bonds is 2. The van der Waals surface area contributed by atoms with Crippen LogP contribution in [0.5, 0.6) is 0 Å². The molecule has 5 nitrogen and oxygen atoms in total. The zero-order valence-corrected chi connectivity index (χ0v) is 13.9. The molecule has 0 unspecified atom stereocenters. The van der Waals surface area contributed by atoms with Gasteiger partial charge >= 0.3 is 0 Å². The molecule has 0 bridgehead atoms. The maximum absolute atomic E-state index is 6.15. The number of aromatic amines is 1. The van der Waals surface area contributed by atoms with Gasteiger partial charge in [0.15, 0.2) is 5.82 Å². The van der Waals surface area contributed by atoms with Gasteiger partial charge in [0.25, 0.3) is 0 Å². The summed E-state index contributed by atoms with van der Waals surface area (Å²) in [4.78, 5) is 6.77. The number of aromatic nitrogens is 3. The SMILES string of the molecule is C[C@@H]1CN(c2n[nH]c(-c3ccc(I)c(Cl)c3)n2)CCN1. The lowest BCUT2D eigenvalue weighted by Gasteiger charge is -2.30. The minimum atomic E-state index is 0.457. The number of hydrogen-bond acceptors (Lipinski definition) is 4. The molecule has 7 heteroatoms. The van der Waals surface area contributed by atoms with Crippen molar-refractivity contribution in [2.45, 2.75) is 13.0 Å². The first-order valence-electron chi connectivity index (χ1n) is 6.49. The van der Waals surface area contributed by atoms with Crippen molar-refractivity contribution in [3.8, 4) is 11.4 Å². The molecule has 2 N–H and O–H groups in total. The zero-order chi connectivity index (χ0) is 14.1. The van der Waals surface area contributed by atoms with Crippen LogP contribution in [0.1, 0.15) is 6.92 Å². The zero-order valence-electron chi connectivity index (χ0n) is 11.0. The summed E-state index contributed by atoms with van der Waals surface area (Å²) >= 11 is 8.36. The third-order valence-corrected chi connectivity index (χ3v) is 4.89. The van der Waals surface area contributed by atoms with Gasteiger partial charge in [0.05, 0.1) is 5.02 Å². The Morgan fingerprint density at radius 2 is 2.30 bits per heavy atom. The van der Waals surface area contributed by atoms with E-state index in [4.69, 9.17) is 11.6 Å². The summed E-state index contributed by atoms with van der Waals surface area (Å²) < 4.78 is 1.03. The van der Waals surface area contributed by atoms with Gasteiger partial charge in [0.2, 0.25) is 5.95 Å². The molecule has 1 saturated heterocycles. The second-order valence-electron chi connectivity index (χ2n) is 4.91. The molecule has 2 heterocycles. The highest BCUT2D eigenvalue weighted by molar-refractivity contribution is 14.1. The summed E-state index contributed by atoms with van der Waals surface area (Å²) in [5, 5.41) is 11.5. The topological polar surface area (TPSA) is 56.8 Å². The van der Waals surface area contributed by atoms with Gasteiger partial charge in [-0.05, 0) is 41.6 Å². The van der Waals surface area contributed by atoms with E-state index in [9.17, 15) is 0 Å². The lowest BCUT2D eigenvalue weighted by molar-refractivity contribution is 0.480. The number of hydrogen-bond donors (Lipinski definition) is 2. The van der Waals surface area contributed by atoms with Gasteiger partial charge in [0.1, 0.15) is 0 Å². The highest BCUT2D eigenvalue weighted by atomic mass is 127. The first-order valence-corrected chi connectivity index (χ1v) is 7.95. The third kappa shape index (κ3) is 2.91. The standard InChI is InChI=1S/C13H15ClIN5/c1-8-7-20(5-4-16-8)13-17-12(18-19-13)9-2-3-11(15)10(14)6-9/h2-3,6,8,16H,4-5,7H2,1H3,(H,17,18,19)/t8-/m1/s1. The van der Waals surface area contributed by atoms with E-state index in [1.807, 2.05) is 18.2 Å². The maximum Gasteiger partial charge on any atom is 0.245 e. The van der Waals surface area contributed by atoms with Crippen molar-refractivity contribution in [2.75, 3.05) is 24.5 Å². The van der Waals surface area contributed by atoms with E-state index in [0.29, 0.717) is 6.04 Å². The van der Waals surface area contributed by atoms with Crippen molar-refractivity contribution >= 4 is 40.1 Å². The van der Waals surface area contributed by atoms with Crippen LogP contribution in [-0.4, -0.2) is 40.9 Å². The van der Waals surface area contributed by atoms with E-state index < -0.39 is 0 Å². The van der Waals surface area contributed by atoms with Crippen LogP contribution in [0.15, 0.2) is 18.2 Å². The van der Waals surface area contributed by atoms with Crippen molar-refractivity contribution in [1.29, 1.82) is 0 Å². The highest BCUT2D eigenvalue weighted by Crippen LogP contribution is 2.25. The van der Waals surface area contributed by atoms with Gasteiger partial charge in [-0.15, -0.1) is 5.10 Å². The minimum absolute atomic E-state index is 0.457. The number of nitrogens with zero attached hydrogens (tertiary/aromatic N) is 3. The molecule has 0 radical (unpaired) electrons. The van der Waals surface area contributed by atoms with Gasteiger partial charge in [0, 0.05) is 34.8 Å². The average Bonchev–Trinajstić information content (AvgIpc) is 2.92. The molecule has 2 aromatic rings. The molecule has 106 valence electrons. The third-order valence-electron chi connectivity index (χ3n) is 3.32. The van der Waals surface area contributed by atoms with Crippen molar-refractivity contribution in [3.05, 3.63) is 26.8 Å². The van der Waals surface area contributed by atoms with Crippen LogP contribution in [0.25, 0.3) is 11.4 Å². The lowest BCUT2D eigenvalue weighted by Crippen LogP contribution is -2.49. The van der Waals surface area contributed by atoms with Crippen LogP contribution in [0.2, 0.25) is 5.02 Å². The number of benzene rings is 1. The van der Waals surface area contributed by atoms with Crippen molar-refractivity contribution in [2.24, 2.45) is 0 Å². The van der Waals surface area contributed by atoms with Gasteiger partial charge in [-0.1, -0.05) is 17.7 Å².